The second-order valence-corrected chi connectivity index (χ2v) is 5.90. The molecule has 0 spiro atoms. The molecule has 0 unspecified atom stereocenters. The molecule has 0 aliphatic carbocycles. The molecule has 0 saturated carbocycles. The summed E-state index contributed by atoms with van der Waals surface area (Å²) in [6, 6.07) is 11.4. The van der Waals surface area contributed by atoms with Crippen molar-refractivity contribution in [1.29, 1.82) is 0 Å². The van der Waals surface area contributed by atoms with Crippen molar-refractivity contribution in [2.75, 3.05) is 12.4 Å². The number of anilines is 1. The highest BCUT2D eigenvalue weighted by Gasteiger charge is 2.12. The summed E-state index contributed by atoms with van der Waals surface area (Å²) in [5, 5.41) is 3.92. The summed E-state index contributed by atoms with van der Waals surface area (Å²) >= 11 is 9.37. The number of halogens is 2. The topological polar surface area (TPSA) is 38.3 Å². The maximum atomic E-state index is 11.8. The first kappa shape index (κ1) is 15.9. The molecule has 0 fully saturated rings. The van der Waals surface area contributed by atoms with Crippen LogP contribution in [0.2, 0.25) is 5.02 Å². The van der Waals surface area contributed by atoms with Gasteiger partial charge in [-0.1, -0.05) is 29.3 Å². The molecule has 2 rings (SSSR count). The van der Waals surface area contributed by atoms with Gasteiger partial charge < -0.3 is 10.1 Å². The molecule has 0 aliphatic heterocycles. The number of benzene rings is 2. The van der Waals surface area contributed by atoms with Gasteiger partial charge in [0.25, 0.3) is 0 Å². The van der Waals surface area contributed by atoms with Crippen LogP contribution in [-0.4, -0.2) is 13.1 Å². The predicted octanol–water partition coefficient (Wildman–Crippen LogP) is 4.81. The lowest BCUT2D eigenvalue weighted by molar-refractivity contribution is 0.0601. The smallest absolute Gasteiger partial charge is 0.339 e. The van der Waals surface area contributed by atoms with Gasteiger partial charge in [0.05, 0.1) is 17.7 Å². The van der Waals surface area contributed by atoms with E-state index in [2.05, 4.69) is 21.2 Å². The molecule has 0 bridgehead atoms. The molecule has 2 aromatic carbocycles. The van der Waals surface area contributed by atoms with E-state index >= 15 is 0 Å². The Morgan fingerprint density at radius 2 is 2.05 bits per heavy atom. The summed E-state index contributed by atoms with van der Waals surface area (Å²) in [5.41, 5.74) is 3.35. The summed E-state index contributed by atoms with van der Waals surface area (Å²) in [4.78, 5) is 11.8. The van der Waals surface area contributed by atoms with Crippen LogP contribution in [0.3, 0.4) is 0 Å². The normalized spacial score (nSPS) is 10.3. The van der Waals surface area contributed by atoms with Crippen LogP contribution in [0.4, 0.5) is 5.69 Å². The molecule has 0 aliphatic rings. The average molecular weight is 369 g/mol. The zero-order chi connectivity index (χ0) is 15.4. The highest BCUT2D eigenvalue weighted by Crippen LogP contribution is 2.24. The number of carbonyl (C=O) groups is 1. The highest BCUT2D eigenvalue weighted by molar-refractivity contribution is 9.10. The van der Waals surface area contributed by atoms with Gasteiger partial charge in [-0.3, -0.25) is 0 Å². The van der Waals surface area contributed by atoms with Crippen LogP contribution >= 0.6 is 27.5 Å². The first-order valence-corrected chi connectivity index (χ1v) is 7.55. The number of hydrogen-bond acceptors (Lipinski definition) is 3. The third kappa shape index (κ3) is 3.99. The number of hydrogen-bond donors (Lipinski definition) is 1. The van der Waals surface area contributed by atoms with Crippen molar-refractivity contribution in [2.24, 2.45) is 0 Å². The van der Waals surface area contributed by atoms with E-state index in [4.69, 9.17) is 16.3 Å². The van der Waals surface area contributed by atoms with E-state index in [1.54, 1.807) is 0 Å². The van der Waals surface area contributed by atoms with Gasteiger partial charge in [-0.2, -0.15) is 0 Å². The van der Waals surface area contributed by atoms with Crippen molar-refractivity contribution >= 4 is 39.2 Å². The van der Waals surface area contributed by atoms with Gasteiger partial charge in [0, 0.05) is 16.7 Å². The van der Waals surface area contributed by atoms with Crippen molar-refractivity contribution in [3.63, 3.8) is 0 Å². The average Bonchev–Trinajstić information content (AvgIpc) is 2.48. The van der Waals surface area contributed by atoms with E-state index in [-0.39, 0.29) is 5.97 Å². The Balaban J connectivity index is 2.19. The van der Waals surface area contributed by atoms with Crippen molar-refractivity contribution < 1.29 is 9.53 Å². The summed E-state index contributed by atoms with van der Waals surface area (Å²) in [6.07, 6.45) is 0. The number of aryl methyl sites for hydroxylation is 1. The highest BCUT2D eigenvalue weighted by atomic mass is 79.9. The van der Waals surface area contributed by atoms with Crippen molar-refractivity contribution in [3.05, 3.63) is 62.6 Å². The Morgan fingerprint density at radius 3 is 2.71 bits per heavy atom. The summed E-state index contributed by atoms with van der Waals surface area (Å²) in [6.45, 7) is 2.52. The van der Waals surface area contributed by atoms with Crippen LogP contribution in [0.15, 0.2) is 40.9 Å². The van der Waals surface area contributed by atoms with E-state index < -0.39 is 0 Å². The minimum atomic E-state index is -0.349. The third-order valence-electron chi connectivity index (χ3n) is 3.05. The van der Waals surface area contributed by atoms with E-state index in [9.17, 15) is 4.79 Å². The minimum Gasteiger partial charge on any atom is -0.465 e. The maximum absolute atomic E-state index is 11.8. The van der Waals surface area contributed by atoms with E-state index in [0.29, 0.717) is 17.1 Å². The van der Waals surface area contributed by atoms with Gasteiger partial charge in [0.1, 0.15) is 0 Å². The lowest BCUT2D eigenvalue weighted by Crippen LogP contribution is -2.08. The fourth-order valence-electron chi connectivity index (χ4n) is 1.94. The zero-order valence-corrected chi connectivity index (χ0v) is 14.1. The number of methoxy groups -OCH3 is 1. The Labute approximate surface area is 137 Å². The first-order valence-electron chi connectivity index (χ1n) is 6.38. The molecule has 3 nitrogen and oxygen atoms in total. The Hall–Kier alpha value is -1.52. The second-order valence-electron chi connectivity index (χ2n) is 4.64. The van der Waals surface area contributed by atoms with Gasteiger partial charge >= 0.3 is 5.97 Å². The van der Waals surface area contributed by atoms with E-state index in [1.165, 1.54) is 7.11 Å². The molecule has 2 aromatic rings. The lowest BCUT2D eigenvalue weighted by atomic mass is 10.1. The van der Waals surface area contributed by atoms with Crippen LogP contribution in [0.25, 0.3) is 0 Å². The number of nitrogens with one attached hydrogen (secondary N) is 1. The van der Waals surface area contributed by atoms with Gasteiger partial charge in [-0.05, 0) is 52.7 Å². The molecule has 0 amide bonds. The predicted molar refractivity (Wildman–Crippen MR) is 89.0 cm³/mol. The van der Waals surface area contributed by atoms with Crippen molar-refractivity contribution in [2.45, 2.75) is 13.5 Å². The zero-order valence-electron chi connectivity index (χ0n) is 11.7. The van der Waals surface area contributed by atoms with Crippen LogP contribution < -0.4 is 5.32 Å². The van der Waals surface area contributed by atoms with Crippen LogP contribution in [0, 0.1) is 6.92 Å². The Morgan fingerprint density at radius 1 is 1.29 bits per heavy atom. The number of ether oxygens (including phenoxy) is 1. The third-order valence-corrected chi connectivity index (χ3v) is 4.26. The molecule has 1 N–H and O–H groups in total. The largest absolute Gasteiger partial charge is 0.465 e. The van der Waals surface area contributed by atoms with E-state index in [1.807, 2.05) is 43.3 Å². The molecule has 0 radical (unpaired) electrons. The summed E-state index contributed by atoms with van der Waals surface area (Å²) in [7, 11) is 1.38. The SMILES string of the molecule is COC(=O)c1cc(C)ccc1NCc1ccc(Cl)c(Br)c1. The van der Waals surface area contributed by atoms with Gasteiger partial charge in [-0.15, -0.1) is 0 Å². The molecule has 110 valence electrons. The molecule has 0 aromatic heterocycles. The first-order chi connectivity index (χ1) is 10.0. The molecule has 21 heavy (non-hydrogen) atoms. The fourth-order valence-corrected chi connectivity index (χ4v) is 2.48. The quantitative estimate of drug-likeness (QED) is 0.787. The van der Waals surface area contributed by atoms with Gasteiger partial charge in [-0.25, -0.2) is 4.79 Å². The van der Waals surface area contributed by atoms with Crippen molar-refractivity contribution in [1.82, 2.24) is 0 Å². The number of esters is 1. The summed E-state index contributed by atoms with van der Waals surface area (Å²) in [5.74, 6) is -0.349. The lowest BCUT2D eigenvalue weighted by Gasteiger charge is -2.12. The minimum absolute atomic E-state index is 0.349. The standard InChI is InChI=1S/C16H15BrClNO2/c1-10-3-6-15(12(7-10)16(20)21-2)19-9-11-4-5-14(18)13(17)8-11/h3-8,19H,9H2,1-2H3. The molecule has 0 atom stereocenters. The Bertz CT molecular complexity index is 673. The maximum Gasteiger partial charge on any atom is 0.339 e. The Kier molecular flexibility index (Phi) is 5.26. The van der Waals surface area contributed by atoms with E-state index in [0.717, 1.165) is 21.3 Å². The molecule has 0 saturated heterocycles. The molecule has 5 heteroatoms. The fraction of sp³-hybridized carbons (Fsp3) is 0.188. The monoisotopic (exact) mass is 367 g/mol. The number of carbonyl (C=O) groups excluding carboxylic acids is 1. The van der Waals surface area contributed by atoms with Crippen LogP contribution in [0.1, 0.15) is 21.5 Å². The van der Waals surface area contributed by atoms with Gasteiger partial charge in [0.2, 0.25) is 0 Å². The molecular weight excluding hydrogens is 354 g/mol. The van der Waals surface area contributed by atoms with Crippen LogP contribution in [0.5, 0.6) is 0 Å². The number of rotatable bonds is 4. The van der Waals surface area contributed by atoms with Crippen molar-refractivity contribution in [3.8, 4) is 0 Å². The van der Waals surface area contributed by atoms with Gasteiger partial charge in [0.15, 0.2) is 0 Å². The molecular formula is C16H15BrClNO2. The van der Waals surface area contributed by atoms with Crippen LogP contribution in [-0.2, 0) is 11.3 Å². The second kappa shape index (κ2) is 6.96. The molecule has 0 heterocycles. The summed E-state index contributed by atoms with van der Waals surface area (Å²) < 4.78 is 5.66.